The number of rotatable bonds is 4. The molecule has 0 radical (unpaired) electrons. The fourth-order valence-corrected chi connectivity index (χ4v) is 1.81. The summed E-state index contributed by atoms with van der Waals surface area (Å²) in [6, 6.07) is 9.62. The molecule has 1 aromatic heterocycles. The Balaban J connectivity index is 2.22. The molecule has 0 aliphatic rings. The van der Waals surface area contributed by atoms with E-state index in [4.69, 9.17) is 0 Å². The zero-order valence-electron chi connectivity index (χ0n) is 11.2. The molecule has 1 atom stereocenters. The third-order valence-corrected chi connectivity index (χ3v) is 3.51. The number of fused-ring (bicyclic) bond motifs is 1. The molecule has 3 heteroatoms. The highest BCUT2D eigenvalue weighted by molar-refractivity contribution is 5.83. The maximum Gasteiger partial charge on any atom is 0.257 e. The largest absolute Gasteiger partial charge is 0.371 e. The van der Waals surface area contributed by atoms with E-state index < -0.39 is 0 Å². The number of aromatic amines is 1. The molecule has 0 fully saturated rings. The lowest BCUT2D eigenvalue weighted by Gasteiger charge is -2.16. The van der Waals surface area contributed by atoms with Crippen molar-refractivity contribution in [2.45, 2.75) is 20.8 Å². The first-order valence-corrected chi connectivity index (χ1v) is 6.44. The van der Waals surface area contributed by atoms with E-state index in [0.717, 1.165) is 23.1 Å². The van der Waals surface area contributed by atoms with Gasteiger partial charge in [-0.2, -0.15) is 0 Å². The van der Waals surface area contributed by atoms with Gasteiger partial charge < -0.3 is 10.3 Å². The SMILES string of the molecule is CC(C)C(C)CNc1cc2ccccc2c(=O)[nH]1. The van der Waals surface area contributed by atoms with Crippen molar-refractivity contribution in [3.05, 3.63) is 40.7 Å². The predicted octanol–water partition coefficient (Wildman–Crippen LogP) is 3.23. The number of anilines is 1. The summed E-state index contributed by atoms with van der Waals surface area (Å²) in [6.07, 6.45) is 0. The molecule has 1 unspecified atom stereocenters. The predicted molar refractivity (Wildman–Crippen MR) is 77.1 cm³/mol. The Morgan fingerprint density at radius 2 is 1.94 bits per heavy atom. The lowest BCUT2D eigenvalue weighted by Crippen LogP contribution is -2.18. The number of hydrogen-bond donors (Lipinski definition) is 2. The number of aromatic nitrogens is 1. The smallest absolute Gasteiger partial charge is 0.257 e. The molecule has 2 N–H and O–H groups in total. The Kier molecular flexibility index (Phi) is 3.70. The van der Waals surface area contributed by atoms with Crippen LogP contribution in [-0.2, 0) is 0 Å². The molecule has 3 nitrogen and oxygen atoms in total. The monoisotopic (exact) mass is 244 g/mol. The maximum atomic E-state index is 11.9. The van der Waals surface area contributed by atoms with Crippen LogP contribution in [0.15, 0.2) is 35.1 Å². The van der Waals surface area contributed by atoms with Gasteiger partial charge in [-0.05, 0) is 29.4 Å². The lowest BCUT2D eigenvalue weighted by molar-refractivity contribution is 0.439. The van der Waals surface area contributed by atoms with Crippen molar-refractivity contribution >= 4 is 16.6 Å². The van der Waals surface area contributed by atoms with Crippen LogP contribution >= 0.6 is 0 Å². The molecule has 0 spiro atoms. The standard InChI is InChI=1S/C15H20N2O/c1-10(2)11(3)9-16-14-8-12-6-4-5-7-13(12)15(18)17-14/h4-8,10-11H,9H2,1-3H3,(H2,16,17,18). The van der Waals surface area contributed by atoms with Gasteiger partial charge in [0.25, 0.3) is 5.56 Å². The van der Waals surface area contributed by atoms with Gasteiger partial charge in [0.2, 0.25) is 0 Å². The third-order valence-electron chi connectivity index (χ3n) is 3.51. The van der Waals surface area contributed by atoms with Gasteiger partial charge in [0.15, 0.2) is 0 Å². The molecule has 1 heterocycles. The quantitative estimate of drug-likeness (QED) is 0.867. The van der Waals surface area contributed by atoms with Crippen molar-refractivity contribution in [3.63, 3.8) is 0 Å². The summed E-state index contributed by atoms with van der Waals surface area (Å²) in [4.78, 5) is 14.8. The summed E-state index contributed by atoms with van der Waals surface area (Å²) in [5.74, 6) is 2.00. The van der Waals surface area contributed by atoms with Gasteiger partial charge in [-0.1, -0.05) is 39.0 Å². The minimum atomic E-state index is -0.0344. The van der Waals surface area contributed by atoms with Gasteiger partial charge >= 0.3 is 0 Å². The summed E-state index contributed by atoms with van der Waals surface area (Å²) >= 11 is 0. The van der Waals surface area contributed by atoms with Crippen LogP contribution in [-0.4, -0.2) is 11.5 Å². The van der Waals surface area contributed by atoms with Crippen molar-refractivity contribution in [1.29, 1.82) is 0 Å². The molecule has 0 amide bonds. The summed E-state index contributed by atoms with van der Waals surface area (Å²) in [6.45, 7) is 7.48. The van der Waals surface area contributed by atoms with Crippen LogP contribution in [0.5, 0.6) is 0 Å². The van der Waals surface area contributed by atoms with E-state index in [1.807, 2.05) is 30.3 Å². The molecule has 96 valence electrons. The number of nitrogens with one attached hydrogen (secondary N) is 2. The molecular weight excluding hydrogens is 224 g/mol. The third kappa shape index (κ3) is 2.73. The lowest BCUT2D eigenvalue weighted by atomic mass is 9.98. The van der Waals surface area contributed by atoms with Crippen LogP contribution in [0, 0.1) is 11.8 Å². The van der Waals surface area contributed by atoms with Crippen molar-refractivity contribution in [2.24, 2.45) is 11.8 Å². The van der Waals surface area contributed by atoms with Gasteiger partial charge in [0, 0.05) is 11.9 Å². The molecule has 0 saturated carbocycles. The van der Waals surface area contributed by atoms with E-state index in [2.05, 4.69) is 31.1 Å². The van der Waals surface area contributed by atoms with Crippen molar-refractivity contribution in [2.75, 3.05) is 11.9 Å². The first-order valence-electron chi connectivity index (χ1n) is 6.44. The minimum absolute atomic E-state index is 0.0344. The van der Waals surface area contributed by atoms with E-state index in [-0.39, 0.29) is 5.56 Å². The number of H-pyrrole nitrogens is 1. The van der Waals surface area contributed by atoms with Crippen LogP contribution in [0.4, 0.5) is 5.82 Å². The first-order chi connectivity index (χ1) is 8.58. The molecule has 2 aromatic rings. The first kappa shape index (κ1) is 12.7. The van der Waals surface area contributed by atoms with E-state index in [1.165, 1.54) is 0 Å². The normalized spacial score (nSPS) is 12.9. The summed E-state index contributed by atoms with van der Waals surface area (Å²) in [7, 11) is 0. The molecule has 2 rings (SSSR count). The Morgan fingerprint density at radius 1 is 1.22 bits per heavy atom. The van der Waals surface area contributed by atoms with E-state index >= 15 is 0 Å². The van der Waals surface area contributed by atoms with Gasteiger partial charge in [0.1, 0.15) is 5.82 Å². The Bertz CT molecular complexity index is 586. The second-order valence-electron chi connectivity index (χ2n) is 5.20. The molecule has 0 bridgehead atoms. The van der Waals surface area contributed by atoms with E-state index in [0.29, 0.717) is 11.8 Å². The minimum Gasteiger partial charge on any atom is -0.371 e. The second-order valence-corrected chi connectivity index (χ2v) is 5.20. The topological polar surface area (TPSA) is 44.9 Å². The molecule has 0 aliphatic carbocycles. The van der Waals surface area contributed by atoms with E-state index in [9.17, 15) is 4.79 Å². The molecule has 18 heavy (non-hydrogen) atoms. The van der Waals surface area contributed by atoms with Crippen LogP contribution in [0.25, 0.3) is 10.8 Å². The van der Waals surface area contributed by atoms with Crippen LogP contribution < -0.4 is 10.9 Å². The van der Waals surface area contributed by atoms with Crippen LogP contribution in [0.3, 0.4) is 0 Å². The Labute approximate surface area is 107 Å². The zero-order chi connectivity index (χ0) is 13.1. The Morgan fingerprint density at radius 3 is 2.67 bits per heavy atom. The van der Waals surface area contributed by atoms with Gasteiger partial charge in [-0.3, -0.25) is 4.79 Å². The fourth-order valence-electron chi connectivity index (χ4n) is 1.81. The van der Waals surface area contributed by atoms with Gasteiger partial charge in [-0.15, -0.1) is 0 Å². The van der Waals surface area contributed by atoms with Crippen molar-refractivity contribution in [1.82, 2.24) is 4.98 Å². The van der Waals surface area contributed by atoms with Crippen LogP contribution in [0.1, 0.15) is 20.8 Å². The molecule has 0 saturated heterocycles. The zero-order valence-corrected chi connectivity index (χ0v) is 11.2. The molecule has 1 aromatic carbocycles. The fraction of sp³-hybridized carbons (Fsp3) is 0.400. The van der Waals surface area contributed by atoms with Crippen molar-refractivity contribution in [3.8, 4) is 0 Å². The average Bonchev–Trinajstić information content (AvgIpc) is 2.36. The highest BCUT2D eigenvalue weighted by atomic mass is 16.1. The second kappa shape index (κ2) is 5.25. The average molecular weight is 244 g/mol. The number of benzene rings is 1. The molecule has 0 aliphatic heterocycles. The highest BCUT2D eigenvalue weighted by Crippen LogP contribution is 2.14. The number of hydrogen-bond acceptors (Lipinski definition) is 2. The van der Waals surface area contributed by atoms with Crippen molar-refractivity contribution < 1.29 is 0 Å². The van der Waals surface area contributed by atoms with Crippen LogP contribution in [0.2, 0.25) is 0 Å². The highest BCUT2D eigenvalue weighted by Gasteiger charge is 2.07. The maximum absolute atomic E-state index is 11.9. The summed E-state index contributed by atoms with van der Waals surface area (Å²) in [5.41, 5.74) is -0.0344. The summed E-state index contributed by atoms with van der Waals surface area (Å²) < 4.78 is 0. The van der Waals surface area contributed by atoms with Gasteiger partial charge in [0.05, 0.1) is 0 Å². The summed E-state index contributed by atoms with van der Waals surface area (Å²) in [5, 5.41) is 5.01. The Hall–Kier alpha value is -1.77. The van der Waals surface area contributed by atoms with Gasteiger partial charge in [-0.25, -0.2) is 0 Å². The molecular formula is C15H20N2O. The van der Waals surface area contributed by atoms with E-state index in [1.54, 1.807) is 0 Å². The number of pyridine rings is 1.